The lowest BCUT2D eigenvalue weighted by molar-refractivity contribution is -0.132. The van der Waals surface area contributed by atoms with Crippen molar-refractivity contribution in [3.05, 3.63) is 11.6 Å². The van der Waals surface area contributed by atoms with E-state index >= 15 is 0 Å². The van der Waals surface area contributed by atoms with Gasteiger partial charge in [-0.1, -0.05) is 6.08 Å². The lowest BCUT2D eigenvalue weighted by Gasteiger charge is -1.84. The van der Waals surface area contributed by atoms with Crippen LogP contribution in [-0.2, 0) is 4.79 Å². The maximum absolute atomic E-state index is 9.86. The van der Waals surface area contributed by atoms with Gasteiger partial charge in [-0.2, -0.15) is 0 Å². The van der Waals surface area contributed by atoms with E-state index in [-0.39, 0.29) is 0 Å². The zero-order valence-corrected chi connectivity index (χ0v) is 6.37. The third kappa shape index (κ3) is 17.7. The smallest absolute Gasteiger partial charge is 0.402 e. The highest BCUT2D eigenvalue weighted by molar-refractivity contribution is 5.85. The fourth-order valence-electron chi connectivity index (χ4n) is 0.123. The highest BCUT2D eigenvalue weighted by Gasteiger charge is 1.93. The van der Waals surface area contributed by atoms with Crippen LogP contribution in [0.15, 0.2) is 11.6 Å². The van der Waals surface area contributed by atoms with E-state index < -0.39 is 12.1 Å². The van der Waals surface area contributed by atoms with Crippen LogP contribution in [0, 0.1) is 0 Å². The molecule has 0 aromatic heterocycles. The number of carboxylic acids is 1. The van der Waals surface area contributed by atoms with Gasteiger partial charge in [0.2, 0.25) is 0 Å². The first-order valence-corrected chi connectivity index (χ1v) is 2.76. The number of hydrogen-bond donors (Lipinski definition) is 3. The number of primary amides is 1. The number of carbonyl (C=O) groups is 2. The summed E-state index contributed by atoms with van der Waals surface area (Å²) in [6, 6.07) is 0. The molecule has 1 amide bonds. The van der Waals surface area contributed by atoms with Gasteiger partial charge in [0.05, 0.1) is 0 Å². The van der Waals surface area contributed by atoms with Gasteiger partial charge in [0, 0.05) is 5.57 Å². The molecule has 0 bridgehead atoms. The highest BCUT2D eigenvalue weighted by Crippen LogP contribution is 1.87. The van der Waals surface area contributed by atoms with Gasteiger partial charge in [0.15, 0.2) is 0 Å². The monoisotopic (exact) mass is 161 g/mol. The van der Waals surface area contributed by atoms with Crippen LogP contribution in [0.5, 0.6) is 0 Å². The van der Waals surface area contributed by atoms with Crippen LogP contribution in [0.1, 0.15) is 13.8 Å². The topological polar surface area (TPSA) is 101 Å². The Morgan fingerprint density at radius 1 is 1.36 bits per heavy atom. The zero-order valence-electron chi connectivity index (χ0n) is 6.37. The molecule has 0 aliphatic carbocycles. The first kappa shape index (κ1) is 12.2. The molecule has 0 radical (unpaired) electrons. The average Bonchev–Trinajstić information content (AvgIpc) is 1.85. The first-order chi connectivity index (χ1) is 4.91. The van der Waals surface area contributed by atoms with Gasteiger partial charge in [-0.05, 0) is 13.8 Å². The van der Waals surface area contributed by atoms with Gasteiger partial charge >= 0.3 is 12.1 Å². The number of allylic oxidation sites excluding steroid dienone is 1. The molecule has 0 spiro atoms. The Bertz CT molecular complexity index is 169. The van der Waals surface area contributed by atoms with Gasteiger partial charge in [-0.3, -0.25) is 0 Å². The number of hydrogen-bond acceptors (Lipinski definition) is 2. The summed E-state index contributed by atoms with van der Waals surface area (Å²) < 4.78 is 0. The summed E-state index contributed by atoms with van der Waals surface area (Å²) in [4.78, 5) is 18.6. The highest BCUT2D eigenvalue weighted by atomic mass is 16.4. The fraction of sp³-hybridized carbons (Fsp3) is 0.333. The van der Waals surface area contributed by atoms with E-state index in [0.717, 1.165) is 0 Å². The minimum absolute atomic E-state index is 0.389. The van der Waals surface area contributed by atoms with Gasteiger partial charge in [-0.15, -0.1) is 0 Å². The summed E-state index contributed by atoms with van der Waals surface area (Å²) in [6.45, 7) is 3.26. The molecule has 0 aromatic carbocycles. The average molecular weight is 161 g/mol. The second-order valence-electron chi connectivity index (χ2n) is 1.62. The molecule has 0 aliphatic heterocycles. The summed E-state index contributed by atoms with van der Waals surface area (Å²) in [5, 5.41) is 15.3. The summed E-state index contributed by atoms with van der Waals surface area (Å²) in [5.41, 5.74) is 4.42. The van der Waals surface area contributed by atoms with Crippen LogP contribution in [0.4, 0.5) is 4.79 Å². The minimum Gasteiger partial charge on any atom is -0.478 e. The molecule has 0 saturated heterocycles. The number of nitrogens with two attached hydrogens (primary N) is 1. The molecule has 0 atom stereocenters. The maximum atomic E-state index is 9.86. The summed E-state index contributed by atoms with van der Waals surface area (Å²) >= 11 is 0. The predicted molar refractivity (Wildman–Crippen MR) is 39.3 cm³/mol. The van der Waals surface area contributed by atoms with Gasteiger partial charge < -0.3 is 15.9 Å². The standard InChI is InChI=1S/C5H8O2.CH3NO2/c1-3-4(2)5(6)7;2-1(3)4/h3H,1-2H3,(H,6,7);2H2,(H,3,4). The Labute approximate surface area is 64.1 Å². The quantitative estimate of drug-likeness (QED) is 0.491. The Morgan fingerprint density at radius 2 is 1.64 bits per heavy atom. The Kier molecular flexibility index (Phi) is 7.31. The predicted octanol–water partition coefficient (Wildman–Crippen LogP) is 0.660. The summed E-state index contributed by atoms with van der Waals surface area (Å²) in [5.74, 6) is -0.845. The van der Waals surface area contributed by atoms with Crippen molar-refractivity contribution >= 4 is 12.1 Å². The maximum Gasteiger partial charge on any atom is 0.402 e. The SMILES string of the molecule is CC=C(C)C(=O)O.NC(=O)O. The van der Waals surface area contributed by atoms with Gasteiger partial charge in [0.25, 0.3) is 0 Å². The van der Waals surface area contributed by atoms with Crippen molar-refractivity contribution < 1.29 is 19.8 Å². The molecule has 0 heterocycles. The third-order valence-electron chi connectivity index (χ3n) is 0.770. The Balaban J connectivity index is 0. The second-order valence-corrected chi connectivity index (χ2v) is 1.62. The van der Waals surface area contributed by atoms with Crippen LogP contribution >= 0.6 is 0 Å². The van der Waals surface area contributed by atoms with Crippen molar-refractivity contribution in [3.8, 4) is 0 Å². The van der Waals surface area contributed by atoms with E-state index in [1.807, 2.05) is 0 Å². The van der Waals surface area contributed by atoms with E-state index in [1.54, 1.807) is 19.9 Å². The molecular formula is C6H11NO4. The molecule has 5 nitrogen and oxygen atoms in total. The van der Waals surface area contributed by atoms with Crippen LogP contribution < -0.4 is 5.73 Å². The van der Waals surface area contributed by atoms with Crippen molar-refractivity contribution in [1.82, 2.24) is 0 Å². The number of rotatable bonds is 1. The molecule has 0 aliphatic rings. The number of aliphatic carboxylic acids is 1. The minimum atomic E-state index is -1.33. The van der Waals surface area contributed by atoms with Crippen molar-refractivity contribution in [3.63, 3.8) is 0 Å². The molecular weight excluding hydrogens is 150 g/mol. The summed E-state index contributed by atoms with van der Waals surface area (Å²) in [7, 11) is 0. The van der Waals surface area contributed by atoms with Crippen LogP contribution in [-0.4, -0.2) is 22.3 Å². The molecule has 4 N–H and O–H groups in total. The normalized spacial score (nSPS) is 9.45. The lowest BCUT2D eigenvalue weighted by atomic mass is 10.3. The fourth-order valence-corrected chi connectivity index (χ4v) is 0.123. The summed E-state index contributed by atoms with van der Waals surface area (Å²) in [6.07, 6.45) is 0.225. The van der Waals surface area contributed by atoms with Crippen molar-refractivity contribution in [2.24, 2.45) is 5.73 Å². The van der Waals surface area contributed by atoms with Gasteiger partial charge in [0.1, 0.15) is 0 Å². The largest absolute Gasteiger partial charge is 0.478 e. The van der Waals surface area contributed by atoms with Crippen LogP contribution in [0.25, 0.3) is 0 Å². The molecule has 0 saturated carbocycles. The van der Waals surface area contributed by atoms with Gasteiger partial charge in [-0.25, -0.2) is 9.59 Å². The molecule has 11 heavy (non-hydrogen) atoms. The zero-order chi connectivity index (χ0) is 9.44. The molecule has 0 fully saturated rings. The van der Waals surface area contributed by atoms with E-state index in [9.17, 15) is 4.79 Å². The molecule has 5 heteroatoms. The lowest BCUT2D eigenvalue weighted by Crippen LogP contribution is -2.03. The Hall–Kier alpha value is -1.52. The second kappa shape index (κ2) is 6.60. The molecule has 0 unspecified atom stereocenters. The first-order valence-electron chi connectivity index (χ1n) is 2.76. The van der Waals surface area contributed by atoms with E-state index in [2.05, 4.69) is 5.73 Å². The molecule has 0 aromatic rings. The van der Waals surface area contributed by atoms with Crippen molar-refractivity contribution in [2.75, 3.05) is 0 Å². The number of amides is 1. The van der Waals surface area contributed by atoms with Crippen LogP contribution in [0.3, 0.4) is 0 Å². The van der Waals surface area contributed by atoms with E-state index in [1.165, 1.54) is 0 Å². The Morgan fingerprint density at radius 3 is 1.64 bits per heavy atom. The van der Waals surface area contributed by atoms with Crippen molar-refractivity contribution in [1.29, 1.82) is 0 Å². The molecule has 64 valence electrons. The van der Waals surface area contributed by atoms with E-state index in [4.69, 9.17) is 15.0 Å². The molecule has 0 rings (SSSR count). The number of carboxylic acid groups (broad SMARTS) is 2. The van der Waals surface area contributed by atoms with Crippen molar-refractivity contribution in [2.45, 2.75) is 13.8 Å². The van der Waals surface area contributed by atoms with Crippen LogP contribution in [0.2, 0.25) is 0 Å². The third-order valence-corrected chi connectivity index (χ3v) is 0.770. The van der Waals surface area contributed by atoms with E-state index in [0.29, 0.717) is 5.57 Å².